The normalized spacial score (nSPS) is 69.1. The van der Waals surface area contributed by atoms with E-state index in [9.17, 15) is 20.9 Å². The molecule has 0 amide bonds. The summed E-state index contributed by atoms with van der Waals surface area (Å²) in [5, 5.41) is 19.5. The third kappa shape index (κ3) is 4.26. The van der Waals surface area contributed by atoms with Crippen molar-refractivity contribution in [1.29, 1.82) is 2.86 Å². The summed E-state index contributed by atoms with van der Waals surface area (Å²) in [6.07, 6.45) is -33.7. The summed E-state index contributed by atoms with van der Waals surface area (Å²) in [7, 11) is -7.68. The fraction of sp³-hybridized carbons (Fsp3) is 0.552. The van der Waals surface area contributed by atoms with Crippen LogP contribution in [0.15, 0.2) is 24.2 Å². The van der Waals surface area contributed by atoms with Crippen LogP contribution < -0.4 is 18.9 Å². The van der Waals surface area contributed by atoms with Gasteiger partial charge in [0.15, 0.2) is 35.5 Å². The Morgan fingerprint density at radius 2 is 1.79 bits per heavy atom. The van der Waals surface area contributed by atoms with E-state index < -0.39 is 177 Å². The Bertz CT molecular complexity index is 2680. The van der Waals surface area contributed by atoms with Gasteiger partial charge in [0.05, 0.1) is 68.0 Å². The van der Waals surface area contributed by atoms with Gasteiger partial charge in [-0.15, -0.1) is 0 Å². The van der Waals surface area contributed by atoms with Crippen LogP contribution >= 0.6 is 0 Å². The highest BCUT2D eigenvalue weighted by Crippen LogP contribution is 2.57. The topological polar surface area (TPSA) is 161 Å². The molecule has 4 heterocycles. The monoisotopic (exact) mass is 619 g/mol. The van der Waals surface area contributed by atoms with Crippen LogP contribution in [0.3, 0.4) is 0 Å². The van der Waals surface area contributed by atoms with E-state index >= 15 is 0 Å². The molecule has 0 aromatic heterocycles. The molecule has 0 radical (unpaired) electrons. The smallest absolute Gasteiger partial charge is 0.310 e. The van der Waals surface area contributed by atoms with Crippen molar-refractivity contribution in [2.75, 3.05) is 33.9 Å². The molecule has 4 aliphatic heterocycles. The van der Waals surface area contributed by atoms with Crippen LogP contribution in [-0.2, 0) is 28.5 Å². The molecule has 13 nitrogen and oxygen atoms in total. The molecule has 0 saturated carbocycles. The number of cyclic esters (lactones) is 1. The van der Waals surface area contributed by atoms with Crippen molar-refractivity contribution in [3.63, 3.8) is 0 Å². The molecule has 1 aliphatic carbocycles. The average molecular weight is 620 g/mol. The number of benzene rings is 2. The summed E-state index contributed by atoms with van der Waals surface area (Å²) in [5.41, 5.74) is -6.00. The van der Waals surface area contributed by atoms with Gasteiger partial charge in [0, 0.05) is 20.0 Å². The number of phenols is 1. The van der Waals surface area contributed by atoms with Gasteiger partial charge in [0.25, 0.3) is 0 Å². The lowest BCUT2D eigenvalue weighted by Gasteiger charge is -2.47. The van der Waals surface area contributed by atoms with Crippen molar-refractivity contribution >= 4 is 5.97 Å². The third-order valence-electron chi connectivity index (χ3n) is 5.86. The van der Waals surface area contributed by atoms with Crippen molar-refractivity contribution in [2.24, 2.45) is 11.8 Å². The first-order valence-corrected chi connectivity index (χ1v) is 11.0. The Kier molecular flexibility index (Phi) is 2.38. The number of esters is 1. The van der Waals surface area contributed by atoms with E-state index in [-0.39, 0.29) is 0 Å². The minimum absolute atomic E-state index is 1.42. The number of rotatable bonds is 7. The summed E-state index contributed by atoms with van der Waals surface area (Å²) in [5.74, 6) is -25.4. The molecule has 3 fully saturated rings. The fourth-order valence-electron chi connectivity index (χ4n) is 4.12. The van der Waals surface area contributed by atoms with Gasteiger partial charge >= 0.3 is 5.97 Å². The van der Waals surface area contributed by atoms with E-state index in [1.54, 1.807) is 0 Å². The predicted octanol–water partition coefficient (Wildman–Crippen LogP) is 1.34. The molecular formula is C29H32O13. The first kappa shape index (κ1) is 9.58. The second kappa shape index (κ2) is 10.4. The molecule has 0 spiro atoms. The summed E-state index contributed by atoms with van der Waals surface area (Å²) < 4.78 is 311. The fourth-order valence-corrected chi connectivity index (χ4v) is 4.12. The predicted molar refractivity (Wildman–Crippen MR) is 138 cm³/mol. The van der Waals surface area contributed by atoms with Gasteiger partial charge in [0.1, 0.15) is 27.1 Å². The first-order valence-electron chi connectivity index (χ1n) is 26.3. The van der Waals surface area contributed by atoms with E-state index in [0.29, 0.717) is 0 Å². The number of hydrogen-bond acceptors (Lipinski definition) is 13. The molecule has 5 aliphatic rings. The molecule has 226 valence electrons. The van der Waals surface area contributed by atoms with Crippen molar-refractivity contribution < 1.29 is 103 Å². The number of fused-ring (bicyclic) bond motifs is 4. The molecule has 7 rings (SSSR count). The van der Waals surface area contributed by atoms with Gasteiger partial charge in [0.2, 0.25) is 15.4 Å². The molecule has 10 atom stereocenters. The van der Waals surface area contributed by atoms with E-state index in [2.05, 4.69) is 24.4 Å². The van der Waals surface area contributed by atoms with E-state index in [0.717, 1.165) is 0 Å². The van der Waals surface area contributed by atoms with Gasteiger partial charge < -0.3 is 58.0 Å². The second-order valence-corrected chi connectivity index (χ2v) is 8.13. The third-order valence-corrected chi connectivity index (χ3v) is 5.86. The first-order chi connectivity index (χ1) is 32.4. The Balaban J connectivity index is 1.70. The van der Waals surface area contributed by atoms with Crippen molar-refractivity contribution in [3.8, 4) is 28.7 Å². The lowest BCUT2D eigenvalue weighted by Crippen LogP contribution is -2.63. The Morgan fingerprint density at radius 1 is 1.02 bits per heavy atom. The molecule has 3 N–H and O–H groups in total. The SMILES string of the molecule is [2H]O[C@]1([2H])[C@@]([2H])(O[2H])[C@]([2H])(O[C@]2([2H])c3c([2H])c4c(c([2H])c3[C@@]([2H])(c3c([2H])c(OC([2H])([2H])[2H])c(O)c(OC([2H])([2H])[2H])c3[2H])[C@@]3([2H])C(=O)OC([2H])([2H])[C@@]32[2H])OC([2H])([2H])O4)O[C@]2([2H])C([2H])([2H])O[C@@]([2H])(C([2H])([2H])[2H])O[C@@]12[2H]. The van der Waals surface area contributed by atoms with Gasteiger partial charge in [-0.2, -0.15) is 0 Å². The zero-order chi connectivity index (χ0) is 56.3. The molecule has 2 aromatic carbocycles. The van der Waals surface area contributed by atoms with Gasteiger partial charge in [-0.25, -0.2) is 0 Å². The number of phenolic OH excluding ortho intramolecular Hbond substituents is 1. The van der Waals surface area contributed by atoms with Crippen LogP contribution in [0.5, 0.6) is 28.7 Å². The quantitative estimate of drug-likeness (QED) is 0.381. The zero-order valence-corrected chi connectivity index (χ0v) is 19.8. The van der Waals surface area contributed by atoms with Gasteiger partial charge in [-0.1, -0.05) is 0 Å². The van der Waals surface area contributed by atoms with Crippen LogP contribution in [-0.4, -0.2) is 94.9 Å². The lowest BCUT2D eigenvalue weighted by molar-refractivity contribution is -0.364. The van der Waals surface area contributed by atoms with Crippen molar-refractivity contribution in [1.82, 2.24) is 0 Å². The van der Waals surface area contributed by atoms with Crippen molar-refractivity contribution in [2.45, 2.75) is 55.7 Å². The molecule has 42 heavy (non-hydrogen) atoms. The van der Waals surface area contributed by atoms with Crippen LogP contribution in [0.25, 0.3) is 0 Å². The number of aromatic hydroxyl groups is 1. The summed E-state index contributed by atoms with van der Waals surface area (Å²) in [4.78, 5) is 14.6. The summed E-state index contributed by atoms with van der Waals surface area (Å²) >= 11 is 0. The highest BCUT2D eigenvalue weighted by Gasteiger charge is 2.56. The second-order valence-electron chi connectivity index (χ2n) is 8.13. The molecular weight excluding hydrogens is 556 g/mol. The number of ether oxygens (including phenoxy) is 9. The highest BCUT2D eigenvalue weighted by atomic mass is 16.8. The standard InChI is InChI=1S/C29H32O13/c1-11-36-9-20-27(40-11)24(31)25(32)29(41-20)42-26-14-7-17-16(38-10-39-17)6-13(14)21(22-15(26)8-37-28(22)33)12-4-18(34-2)23(30)19(5-12)35-3/h4-7,11,15,20-22,24-27,29-32H,8-10H2,1-3H3/t11-,15+,20-,21-,22+,24-,25-,26-,27-,29+/m1/s1/i1D3,2D3,3D3,4D,5D,6D,7D,8D2,9D2,10D2,11D,15D,20D,21D,22D,24D,25D,26D,27D,29D,31D,32D. The van der Waals surface area contributed by atoms with Crippen LogP contribution in [0.1, 0.15) is 75.3 Å². The summed E-state index contributed by atoms with van der Waals surface area (Å²) in [6.45, 7) is -16.9. The zero-order valence-electron chi connectivity index (χ0n) is 50.8. The maximum atomic E-state index is 14.6. The van der Waals surface area contributed by atoms with Crippen molar-refractivity contribution in [3.05, 3.63) is 40.9 Å². The number of carbonyl (C=O) groups is 1. The summed E-state index contributed by atoms with van der Waals surface area (Å²) in [6, 6.07) is -7.50. The van der Waals surface area contributed by atoms with Crippen LogP contribution in [0.2, 0.25) is 0 Å². The van der Waals surface area contributed by atoms with E-state index in [1.807, 2.05) is 0 Å². The van der Waals surface area contributed by atoms with E-state index in [4.69, 9.17) is 60.1 Å². The number of carbonyl (C=O) groups excluding carboxylic acids is 1. The van der Waals surface area contributed by atoms with Crippen LogP contribution in [0, 0.1) is 11.8 Å². The maximum Gasteiger partial charge on any atom is 0.310 e. The molecule has 13 heteroatoms. The molecule has 0 bridgehead atoms. The Labute approximate surface area is 284 Å². The molecule has 0 unspecified atom stereocenters. The number of hydrogen-bond donors (Lipinski definition) is 3. The largest absolute Gasteiger partial charge is 0.502 e. The van der Waals surface area contributed by atoms with E-state index in [1.165, 1.54) is 0 Å². The lowest BCUT2D eigenvalue weighted by atomic mass is 9.66. The highest BCUT2D eigenvalue weighted by molar-refractivity contribution is 5.79. The van der Waals surface area contributed by atoms with Gasteiger partial charge in [-0.3, -0.25) is 4.79 Å². The average Bonchev–Trinajstić information content (AvgIpc) is 3.62. The number of methoxy groups -OCH3 is 2. The molecule has 3 saturated heterocycles. The minimum Gasteiger partial charge on any atom is -0.502 e. The molecule has 2 aromatic rings. The maximum absolute atomic E-state index is 14.6. The number of aliphatic hydroxyl groups is 2. The minimum atomic E-state index is -5.13. The van der Waals surface area contributed by atoms with Crippen LogP contribution in [0.4, 0.5) is 0 Å². The Morgan fingerprint density at radius 3 is 2.50 bits per heavy atom. The Hall–Kier alpha value is -3.33. The van der Waals surface area contributed by atoms with Gasteiger partial charge in [-0.05, 0) is 47.7 Å².